The topological polar surface area (TPSA) is 50.2 Å². The third-order valence-electron chi connectivity index (χ3n) is 4.42. The fraction of sp³-hybridized carbons (Fsp3) is 0.444. The summed E-state index contributed by atoms with van der Waals surface area (Å²) in [4.78, 5) is 15.5. The number of likely N-dealkylation sites (tertiary alicyclic amines) is 1. The summed E-state index contributed by atoms with van der Waals surface area (Å²) in [6.07, 6.45) is 3.01. The number of hydrogen-bond donors (Lipinski definition) is 1. The van der Waals surface area contributed by atoms with E-state index in [0.717, 1.165) is 36.5 Å². The van der Waals surface area contributed by atoms with Gasteiger partial charge in [0.2, 0.25) is 0 Å². The van der Waals surface area contributed by atoms with Crippen molar-refractivity contribution in [1.29, 1.82) is 0 Å². The minimum atomic E-state index is 0.00795. The van der Waals surface area contributed by atoms with Crippen molar-refractivity contribution in [1.82, 2.24) is 20.0 Å². The van der Waals surface area contributed by atoms with Gasteiger partial charge in [-0.2, -0.15) is 5.10 Å². The summed E-state index contributed by atoms with van der Waals surface area (Å²) in [7, 11) is 0. The fourth-order valence-corrected chi connectivity index (χ4v) is 3.70. The van der Waals surface area contributed by atoms with Gasteiger partial charge < -0.3 is 10.2 Å². The van der Waals surface area contributed by atoms with Crippen LogP contribution in [0.4, 0.5) is 4.79 Å². The summed E-state index contributed by atoms with van der Waals surface area (Å²) in [5, 5.41) is 7.59. The Kier molecular flexibility index (Phi) is 5.14. The number of carbonyl (C=O) groups excluding carboxylic acids is 1. The number of nitrogens with zero attached hydrogens (tertiary/aromatic N) is 3. The molecule has 2 amide bonds. The van der Waals surface area contributed by atoms with E-state index in [4.69, 9.17) is 0 Å². The summed E-state index contributed by atoms with van der Waals surface area (Å²) in [6.45, 7) is 6.14. The number of hydrogen-bond acceptors (Lipinski definition) is 3. The fourth-order valence-electron chi connectivity index (χ4n) is 3.21. The highest BCUT2D eigenvalue weighted by atomic mass is 32.2. The molecule has 6 heteroatoms. The van der Waals surface area contributed by atoms with Crippen molar-refractivity contribution in [3.63, 3.8) is 0 Å². The first-order chi connectivity index (χ1) is 11.6. The monoisotopic (exact) mass is 344 g/mol. The maximum absolute atomic E-state index is 12.4. The van der Waals surface area contributed by atoms with Crippen LogP contribution in [0.2, 0.25) is 0 Å². The number of aromatic nitrogens is 2. The molecule has 1 aliphatic rings. The Morgan fingerprint density at radius 1 is 1.38 bits per heavy atom. The molecule has 3 rings (SSSR count). The second-order valence-corrected chi connectivity index (χ2v) is 7.15. The lowest BCUT2D eigenvalue weighted by Crippen LogP contribution is -2.38. The van der Waals surface area contributed by atoms with Gasteiger partial charge in [0.1, 0.15) is 0 Å². The minimum absolute atomic E-state index is 0.00795. The van der Waals surface area contributed by atoms with Crippen molar-refractivity contribution in [2.75, 3.05) is 19.3 Å². The van der Waals surface area contributed by atoms with Crippen LogP contribution in [-0.2, 0) is 6.54 Å². The van der Waals surface area contributed by atoms with Gasteiger partial charge in [-0.15, -0.1) is 11.8 Å². The molecule has 0 bridgehead atoms. The van der Waals surface area contributed by atoms with E-state index in [1.807, 2.05) is 24.0 Å². The van der Waals surface area contributed by atoms with Gasteiger partial charge >= 0.3 is 6.03 Å². The summed E-state index contributed by atoms with van der Waals surface area (Å²) in [5.74, 6) is 0. The molecule has 0 unspecified atom stereocenters. The van der Waals surface area contributed by atoms with Crippen molar-refractivity contribution in [2.24, 2.45) is 0 Å². The molecule has 1 aliphatic heterocycles. The Hall–Kier alpha value is -1.95. The summed E-state index contributed by atoms with van der Waals surface area (Å²) >= 11 is 1.71. The van der Waals surface area contributed by atoms with Gasteiger partial charge in [-0.3, -0.25) is 4.68 Å². The van der Waals surface area contributed by atoms with Crippen LogP contribution in [0, 0.1) is 13.8 Å². The Morgan fingerprint density at radius 2 is 2.21 bits per heavy atom. The number of carbonyl (C=O) groups is 1. The lowest BCUT2D eigenvalue weighted by Gasteiger charge is -2.18. The highest BCUT2D eigenvalue weighted by Crippen LogP contribution is 2.23. The van der Waals surface area contributed by atoms with Crippen molar-refractivity contribution in [2.45, 2.75) is 37.8 Å². The Balaban J connectivity index is 1.55. The molecular weight excluding hydrogens is 320 g/mol. The Morgan fingerprint density at radius 3 is 2.92 bits per heavy atom. The number of amides is 2. The molecule has 1 atom stereocenters. The zero-order valence-electron chi connectivity index (χ0n) is 14.5. The average molecular weight is 344 g/mol. The van der Waals surface area contributed by atoms with E-state index < -0.39 is 0 Å². The molecule has 0 radical (unpaired) electrons. The van der Waals surface area contributed by atoms with E-state index in [9.17, 15) is 4.79 Å². The van der Waals surface area contributed by atoms with Gasteiger partial charge in [0.15, 0.2) is 0 Å². The molecule has 0 spiro atoms. The van der Waals surface area contributed by atoms with Gasteiger partial charge in [0, 0.05) is 30.2 Å². The number of urea groups is 1. The number of nitrogens with one attached hydrogen (secondary N) is 1. The first kappa shape index (κ1) is 16.9. The Labute approximate surface area is 147 Å². The van der Waals surface area contributed by atoms with Crippen LogP contribution < -0.4 is 5.32 Å². The predicted molar refractivity (Wildman–Crippen MR) is 97.4 cm³/mol. The highest BCUT2D eigenvalue weighted by Gasteiger charge is 2.28. The molecule has 128 valence electrons. The normalized spacial score (nSPS) is 17.3. The molecule has 1 aromatic heterocycles. The molecule has 1 fully saturated rings. The van der Waals surface area contributed by atoms with Crippen molar-refractivity contribution >= 4 is 17.8 Å². The van der Waals surface area contributed by atoms with E-state index >= 15 is 0 Å². The minimum Gasteiger partial charge on any atom is -0.334 e. The average Bonchev–Trinajstić information content (AvgIpc) is 3.19. The van der Waals surface area contributed by atoms with Gasteiger partial charge in [-0.25, -0.2) is 4.79 Å². The SMILES string of the molecule is CSc1cccc(CNC(=O)N2CC[C@H](n3nc(C)cc3C)C2)c1. The summed E-state index contributed by atoms with van der Waals surface area (Å²) in [5.41, 5.74) is 3.32. The molecule has 24 heavy (non-hydrogen) atoms. The van der Waals surface area contributed by atoms with E-state index in [2.05, 4.69) is 46.5 Å². The number of benzene rings is 1. The lowest BCUT2D eigenvalue weighted by atomic mass is 10.2. The van der Waals surface area contributed by atoms with E-state index in [0.29, 0.717) is 6.54 Å². The van der Waals surface area contributed by atoms with E-state index in [1.54, 1.807) is 11.8 Å². The zero-order valence-corrected chi connectivity index (χ0v) is 15.3. The van der Waals surface area contributed by atoms with Crippen LogP contribution in [0.15, 0.2) is 35.2 Å². The van der Waals surface area contributed by atoms with Crippen molar-refractivity contribution in [3.05, 3.63) is 47.3 Å². The van der Waals surface area contributed by atoms with Gasteiger partial charge in [0.05, 0.1) is 11.7 Å². The Bertz CT molecular complexity index is 728. The molecular formula is C18H24N4OS. The van der Waals surface area contributed by atoms with Crippen LogP contribution in [0.5, 0.6) is 0 Å². The molecule has 0 aliphatic carbocycles. The molecule has 1 saturated heterocycles. The van der Waals surface area contributed by atoms with Crippen molar-refractivity contribution in [3.8, 4) is 0 Å². The summed E-state index contributed by atoms with van der Waals surface area (Å²) < 4.78 is 2.06. The smallest absolute Gasteiger partial charge is 0.317 e. The van der Waals surface area contributed by atoms with E-state index in [-0.39, 0.29) is 12.1 Å². The van der Waals surface area contributed by atoms with E-state index in [1.165, 1.54) is 4.90 Å². The quantitative estimate of drug-likeness (QED) is 0.865. The first-order valence-corrected chi connectivity index (χ1v) is 9.48. The molecule has 5 nitrogen and oxygen atoms in total. The third kappa shape index (κ3) is 3.75. The maximum atomic E-state index is 12.4. The first-order valence-electron chi connectivity index (χ1n) is 8.25. The van der Waals surface area contributed by atoms with Crippen LogP contribution in [0.3, 0.4) is 0 Å². The molecule has 2 heterocycles. The van der Waals surface area contributed by atoms with Crippen molar-refractivity contribution < 1.29 is 4.79 Å². The van der Waals surface area contributed by atoms with Gasteiger partial charge in [0.25, 0.3) is 0 Å². The molecule has 2 aromatic rings. The third-order valence-corrected chi connectivity index (χ3v) is 5.14. The molecule has 1 aromatic carbocycles. The second-order valence-electron chi connectivity index (χ2n) is 6.27. The largest absolute Gasteiger partial charge is 0.334 e. The number of thioether (sulfide) groups is 1. The van der Waals surface area contributed by atoms with Gasteiger partial charge in [-0.1, -0.05) is 12.1 Å². The number of aryl methyl sites for hydroxylation is 2. The highest BCUT2D eigenvalue weighted by molar-refractivity contribution is 7.98. The lowest BCUT2D eigenvalue weighted by molar-refractivity contribution is 0.206. The summed E-state index contributed by atoms with van der Waals surface area (Å²) in [6, 6.07) is 10.6. The van der Waals surface area contributed by atoms with Crippen LogP contribution >= 0.6 is 11.8 Å². The second kappa shape index (κ2) is 7.30. The van der Waals surface area contributed by atoms with Gasteiger partial charge in [-0.05, 0) is 50.3 Å². The number of rotatable bonds is 4. The molecule has 0 saturated carbocycles. The van der Waals surface area contributed by atoms with Crippen LogP contribution in [-0.4, -0.2) is 40.1 Å². The van der Waals surface area contributed by atoms with Crippen LogP contribution in [0.25, 0.3) is 0 Å². The molecule has 1 N–H and O–H groups in total. The predicted octanol–water partition coefficient (Wildman–Crippen LogP) is 3.38. The standard InChI is InChI=1S/C18H24N4OS/c1-13-9-14(2)22(20-13)16-7-8-21(12-16)18(23)19-11-15-5-4-6-17(10-15)24-3/h4-6,9-10,16H,7-8,11-12H2,1-3H3,(H,19,23)/t16-/m0/s1. The van der Waals surface area contributed by atoms with Crippen LogP contribution in [0.1, 0.15) is 29.4 Å². The zero-order chi connectivity index (χ0) is 17.1. The maximum Gasteiger partial charge on any atom is 0.317 e.